The van der Waals surface area contributed by atoms with Gasteiger partial charge in [0.15, 0.2) is 5.58 Å². The summed E-state index contributed by atoms with van der Waals surface area (Å²) in [4.78, 5) is 6.80. The molecular formula is C14H18N2O2. The second-order valence-electron chi connectivity index (χ2n) is 4.82. The van der Waals surface area contributed by atoms with E-state index in [2.05, 4.69) is 9.88 Å². The van der Waals surface area contributed by atoms with Gasteiger partial charge in [-0.15, -0.1) is 0 Å². The van der Waals surface area contributed by atoms with Gasteiger partial charge in [-0.1, -0.05) is 12.1 Å². The van der Waals surface area contributed by atoms with E-state index < -0.39 is 0 Å². The predicted molar refractivity (Wildman–Crippen MR) is 70.7 cm³/mol. The third-order valence-electron chi connectivity index (χ3n) is 3.32. The zero-order valence-electron chi connectivity index (χ0n) is 10.4. The van der Waals surface area contributed by atoms with Crippen molar-refractivity contribution in [2.24, 2.45) is 0 Å². The van der Waals surface area contributed by atoms with Crippen LogP contribution in [0.25, 0.3) is 11.1 Å². The molecule has 96 valence electrons. The van der Waals surface area contributed by atoms with Crippen LogP contribution in [0.2, 0.25) is 0 Å². The fraction of sp³-hybridized carbons (Fsp3) is 0.500. The van der Waals surface area contributed by atoms with Gasteiger partial charge >= 0.3 is 0 Å². The van der Waals surface area contributed by atoms with Crippen molar-refractivity contribution in [2.45, 2.75) is 31.7 Å². The molecule has 18 heavy (non-hydrogen) atoms. The summed E-state index contributed by atoms with van der Waals surface area (Å²) in [5.41, 5.74) is 1.76. The molecule has 4 nitrogen and oxygen atoms in total. The van der Waals surface area contributed by atoms with Gasteiger partial charge in [-0.05, 0) is 37.8 Å². The third kappa shape index (κ3) is 2.34. The molecule has 3 rings (SSSR count). The van der Waals surface area contributed by atoms with Crippen LogP contribution < -0.4 is 4.90 Å². The lowest BCUT2D eigenvalue weighted by atomic mass is 10.3. The highest BCUT2D eigenvalue weighted by Crippen LogP contribution is 2.33. The van der Waals surface area contributed by atoms with Gasteiger partial charge < -0.3 is 14.4 Å². The van der Waals surface area contributed by atoms with Crippen molar-refractivity contribution in [3.8, 4) is 0 Å². The van der Waals surface area contributed by atoms with Crippen molar-refractivity contribution in [2.75, 3.05) is 18.1 Å². The van der Waals surface area contributed by atoms with E-state index in [0.717, 1.165) is 36.5 Å². The van der Waals surface area contributed by atoms with Crippen molar-refractivity contribution in [1.82, 2.24) is 4.98 Å². The van der Waals surface area contributed by atoms with Crippen LogP contribution >= 0.6 is 0 Å². The number of benzene rings is 1. The number of aliphatic hydroxyl groups is 1. The molecule has 4 heteroatoms. The van der Waals surface area contributed by atoms with Gasteiger partial charge in [0.05, 0.1) is 0 Å². The van der Waals surface area contributed by atoms with Crippen molar-refractivity contribution < 1.29 is 9.52 Å². The zero-order chi connectivity index (χ0) is 12.4. The second-order valence-corrected chi connectivity index (χ2v) is 4.82. The first-order chi connectivity index (χ1) is 8.88. The fourth-order valence-corrected chi connectivity index (χ4v) is 2.20. The largest absolute Gasteiger partial charge is 0.423 e. The number of unbranched alkanes of at least 4 members (excludes halogenated alkanes) is 1. The zero-order valence-corrected chi connectivity index (χ0v) is 10.4. The summed E-state index contributed by atoms with van der Waals surface area (Å²) in [6.45, 7) is 1.17. The van der Waals surface area contributed by atoms with Gasteiger partial charge in [-0.2, -0.15) is 4.98 Å². The number of hydrogen-bond donors (Lipinski definition) is 1. The summed E-state index contributed by atoms with van der Waals surface area (Å²) in [6.07, 6.45) is 4.25. The van der Waals surface area contributed by atoms with E-state index in [9.17, 15) is 0 Å². The van der Waals surface area contributed by atoms with E-state index >= 15 is 0 Å². The maximum absolute atomic E-state index is 8.86. The second kappa shape index (κ2) is 4.98. The minimum atomic E-state index is 0.256. The average Bonchev–Trinajstić information content (AvgIpc) is 3.13. The van der Waals surface area contributed by atoms with Crippen LogP contribution in [-0.4, -0.2) is 29.3 Å². The molecule has 1 N–H and O–H groups in total. The molecule has 0 saturated heterocycles. The van der Waals surface area contributed by atoms with E-state index in [1.807, 2.05) is 24.3 Å². The SMILES string of the molecule is OCCCCN(c1nc2ccccc2o1)C1CC1. The van der Waals surface area contributed by atoms with Gasteiger partial charge in [0.1, 0.15) is 5.52 Å². The smallest absolute Gasteiger partial charge is 0.298 e. The Kier molecular flexibility index (Phi) is 3.19. The lowest BCUT2D eigenvalue weighted by Gasteiger charge is -2.19. The number of rotatable bonds is 6. The predicted octanol–water partition coefficient (Wildman–Crippen LogP) is 2.57. The Morgan fingerprint density at radius 1 is 1.28 bits per heavy atom. The summed E-state index contributed by atoms with van der Waals surface area (Å²) in [7, 11) is 0. The first-order valence-corrected chi connectivity index (χ1v) is 6.61. The van der Waals surface area contributed by atoms with Crippen molar-refractivity contribution in [3.05, 3.63) is 24.3 Å². The van der Waals surface area contributed by atoms with Crippen molar-refractivity contribution in [3.63, 3.8) is 0 Å². The Morgan fingerprint density at radius 3 is 2.83 bits per heavy atom. The van der Waals surface area contributed by atoms with Crippen LogP contribution in [0.15, 0.2) is 28.7 Å². The summed E-state index contributed by atoms with van der Waals surface area (Å²) >= 11 is 0. The number of aromatic nitrogens is 1. The van der Waals surface area contributed by atoms with Crippen LogP contribution in [0.5, 0.6) is 0 Å². The highest BCUT2D eigenvalue weighted by atomic mass is 16.4. The maximum Gasteiger partial charge on any atom is 0.298 e. The Labute approximate surface area is 106 Å². The van der Waals surface area contributed by atoms with Crippen LogP contribution in [0.3, 0.4) is 0 Å². The molecule has 1 aliphatic rings. The normalized spacial score (nSPS) is 15.2. The number of nitrogens with zero attached hydrogens (tertiary/aromatic N) is 2. The molecule has 1 aliphatic carbocycles. The molecule has 1 aromatic carbocycles. The Bertz CT molecular complexity index is 486. The Morgan fingerprint density at radius 2 is 2.11 bits per heavy atom. The molecule has 1 heterocycles. The van der Waals surface area contributed by atoms with E-state index in [0.29, 0.717) is 6.04 Å². The lowest BCUT2D eigenvalue weighted by Crippen LogP contribution is -2.27. The molecule has 0 spiro atoms. The number of anilines is 1. The highest BCUT2D eigenvalue weighted by molar-refractivity contribution is 5.74. The van der Waals surface area contributed by atoms with Crippen LogP contribution in [0.4, 0.5) is 6.01 Å². The summed E-state index contributed by atoms with van der Waals surface area (Å²) in [6, 6.07) is 9.17. The summed E-state index contributed by atoms with van der Waals surface area (Å²) < 4.78 is 5.81. The molecule has 1 aromatic heterocycles. The Balaban J connectivity index is 1.80. The molecule has 0 bridgehead atoms. The minimum absolute atomic E-state index is 0.256. The number of para-hydroxylation sites is 2. The first-order valence-electron chi connectivity index (χ1n) is 6.61. The van der Waals surface area contributed by atoms with Gasteiger partial charge in [0, 0.05) is 19.2 Å². The van der Waals surface area contributed by atoms with E-state index in [1.165, 1.54) is 12.8 Å². The maximum atomic E-state index is 8.86. The molecule has 1 fully saturated rings. The van der Waals surface area contributed by atoms with Gasteiger partial charge in [-0.3, -0.25) is 0 Å². The molecule has 0 amide bonds. The number of oxazole rings is 1. The molecule has 0 unspecified atom stereocenters. The van der Waals surface area contributed by atoms with Crippen LogP contribution in [0.1, 0.15) is 25.7 Å². The summed E-state index contributed by atoms with van der Waals surface area (Å²) in [5.74, 6) is 0. The molecule has 0 atom stereocenters. The fourth-order valence-electron chi connectivity index (χ4n) is 2.20. The highest BCUT2D eigenvalue weighted by Gasteiger charge is 2.31. The molecule has 1 saturated carbocycles. The topological polar surface area (TPSA) is 49.5 Å². The summed E-state index contributed by atoms with van der Waals surface area (Å²) in [5, 5.41) is 8.86. The number of hydrogen-bond acceptors (Lipinski definition) is 4. The lowest BCUT2D eigenvalue weighted by molar-refractivity contribution is 0.284. The van der Waals surface area contributed by atoms with E-state index in [-0.39, 0.29) is 6.61 Å². The van der Waals surface area contributed by atoms with Crippen molar-refractivity contribution in [1.29, 1.82) is 0 Å². The monoisotopic (exact) mass is 246 g/mol. The standard InChI is InChI=1S/C14H18N2O2/c17-10-4-3-9-16(11-7-8-11)14-15-12-5-1-2-6-13(12)18-14/h1-2,5-6,11,17H,3-4,7-10H2. The van der Waals surface area contributed by atoms with Gasteiger partial charge in [-0.25, -0.2) is 0 Å². The molecule has 0 radical (unpaired) electrons. The third-order valence-corrected chi connectivity index (χ3v) is 3.32. The molecular weight excluding hydrogens is 228 g/mol. The minimum Gasteiger partial charge on any atom is -0.423 e. The molecule has 2 aromatic rings. The van der Waals surface area contributed by atoms with Crippen LogP contribution in [0, 0.1) is 0 Å². The van der Waals surface area contributed by atoms with Gasteiger partial charge in [0.25, 0.3) is 6.01 Å². The van der Waals surface area contributed by atoms with E-state index in [4.69, 9.17) is 9.52 Å². The van der Waals surface area contributed by atoms with Crippen LogP contribution in [-0.2, 0) is 0 Å². The quantitative estimate of drug-likeness (QED) is 0.796. The number of aliphatic hydroxyl groups excluding tert-OH is 1. The van der Waals surface area contributed by atoms with Gasteiger partial charge in [0.2, 0.25) is 0 Å². The van der Waals surface area contributed by atoms with Crippen molar-refractivity contribution >= 4 is 17.1 Å². The number of fused-ring (bicyclic) bond motifs is 1. The molecule has 0 aliphatic heterocycles. The first kappa shape index (κ1) is 11.5. The van der Waals surface area contributed by atoms with E-state index in [1.54, 1.807) is 0 Å². The average molecular weight is 246 g/mol. The Hall–Kier alpha value is -1.55.